The lowest BCUT2D eigenvalue weighted by Gasteiger charge is -2.25. The van der Waals surface area contributed by atoms with Crippen LogP contribution >= 0.6 is 24.0 Å². The summed E-state index contributed by atoms with van der Waals surface area (Å²) in [5.74, 6) is 0.717. The molecule has 0 aromatic heterocycles. The molecule has 0 saturated carbocycles. The maximum absolute atomic E-state index is 11.8. The van der Waals surface area contributed by atoms with Crippen molar-refractivity contribution in [3.05, 3.63) is 65.2 Å². The van der Waals surface area contributed by atoms with Crippen LogP contribution < -0.4 is 10.6 Å². The quantitative estimate of drug-likeness (QED) is 0.304. The van der Waals surface area contributed by atoms with Gasteiger partial charge in [-0.15, -0.1) is 24.0 Å². The van der Waals surface area contributed by atoms with Gasteiger partial charge in [0.15, 0.2) is 15.8 Å². The molecule has 30 heavy (non-hydrogen) atoms. The first-order chi connectivity index (χ1) is 13.7. The molecule has 0 radical (unpaired) electrons. The second kappa shape index (κ2) is 12.3. The molecule has 0 spiro atoms. The Morgan fingerprint density at radius 3 is 2.27 bits per heavy atom. The van der Waals surface area contributed by atoms with Crippen molar-refractivity contribution in [1.29, 1.82) is 0 Å². The summed E-state index contributed by atoms with van der Waals surface area (Å²) in [5.41, 5.74) is 3.06. The molecular formula is C22H33IN4O2S. The van der Waals surface area contributed by atoms with Crippen LogP contribution in [0.15, 0.2) is 58.4 Å². The molecule has 6 nitrogen and oxygen atoms in total. The van der Waals surface area contributed by atoms with Crippen molar-refractivity contribution in [2.45, 2.75) is 30.8 Å². The molecule has 8 heteroatoms. The molecule has 0 amide bonds. The number of aryl methyl sites for hydroxylation is 1. The van der Waals surface area contributed by atoms with Crippen molar-refractivity contribution >= 4 is 39.8 Å². The largest absolute Gasteiger partial charge is 0.355 e. The highest BCUT2D eigenvalue weighted by molar-refractivity contribution is 14.0. The van der Waals surface area contributed by atoms with E-state index in [2.05, 4.69) is 58.9 Å². The fourth-order valence-corrected chi connectivity index (χ4v) is 4.14. The van der Waals surface area contributed by atoms with E-state index in [1.54, 1.807) is 13.1 Å². The number of hydrogen-bond acceptors (Lipinski definition) is 4. The number of hydrogen-bond donors (Lipinski definition) is 2. The number of nitrogens with zero attached hydrogens (tertiary/aromatic N) is 2. The lowest BCUT2D eigenvalue weighted by molar-refractivity contribution is 0.290. The minimum Gasteiger partial charge on any atom is -0.355 e. The van der Waals surface area contributed by atoms with Gasteiger partial charge in [-0.3, -0.25) is 4.99 Å². The Kier molecular flexibility index (Phi) is 10.8. The third kappa shape index (κ3) is 8.23. The van der Waals surface area contributed by atoms with Crippen LogP contribution in [-0.4, -0.2) is 59.3 Å². The minimum absolute atomic E-state index is 0. The summed E-state index contributed by atoms with van der Waals surface area (Å²) in [7, 11) is 2.71. The van der Waals surface area contributed by atoms with Crippen LogP contribution in [0, 0.1) is 6.92 Å². The van der Waals surface area contributed by atoms with E-state index in [1.807, 2.05) is 25.1 Å². The molecule has 1 atom stereocenters. The fourth-order valence-electron chi connectivity index (χ4n) is 3.18. The van der Waals surface area contributed by atoms with Crippen molar-refractivity contribution in [2.24, 2.45) is 4.99 Å². The molecule has 0 aliphatic rings. The maximum atomic E-state index is 11.8. The van der Waals surface area contributed by atoms with Gasteiger partial charge in [0.25, 0.3) is 0 Å². The first-order valence-corrected chi connectivity index (χ1v) is 11.5. The van der Waals surface area contributed by atoms with Crippen molar-refractivity contribution < 1.29 is 8.42 Å². The second-order valence-corrected chi connectivity index (χ2v) is 9.47. The summed E-state index contributed by atoms with van der Waals surface area (Å²) in [6, 6.07) is 16.2. The van der Waals surface area contributed by atoms with Gasteiger partial charge in [0.05, 0.1) is 4.90 Å². The van der Waals surface area contributed by atoms with Gasteiger partial charge < -0.3 is 15.5 Å². The van der Waals surface area contributed by atoms with Crippen LogP contribution in [0.25, 0.3) is 0 Å². The SMILES string of the molecule is CN=C(NCc1ccc(S(C)(=O)=O)c(C)c1)NCC(Cc1ccccc1)N(C)C.I. The van der Waals surface area contributed by atoms with E-state index in [9.17, 15) is 8.42 Å². The first-order valence-electron chi connectivity index (χ1n) is 9.65. The normalized spacial score (nSPS) is 12.9. The van der Waals surface area contributed by atoms with Crippen LogP contribution in [0.5, 0.6) is 0 Å². The maximum Gasteiger partial charge on any atom is 0.191 e. The van der Waals surface area contributed by atoms with E-state index in [0.717, 1.165) is 30.1 Å². The highest BCUT2D eigenvalue weighted by Crippen LogP contribution is 2.16. The van der Waals surface area contributed by atoms with E-state index < -0.39 is 9.84 Å². The molecule has 166 valence electrons. The van der Waals surface area contributed by atoms with Crippen LogP contribution in [0.4, 0.5) is 0 Å². The number of nitrogens with one attached hydrogen (secondary N) is 2. The Morgan fingerprint density at radius 2 is 1.73 bits per heavy atom. The molecule has 2 aromatic carbocycles. The van der Waals surface area contributed by atoms with Crippen molar-refractivity contribution in [3.63, 3.8) is 0 Å². The van der Waals surface area contributed by atoms with Crippen molar-refractivity contribution in [2.75, 3.05) is 33.9 Å². The van der Waals surface area contributed by atoms with E-state index >= 15 is 0 Å². The number of guanidine groups is 1. The van der Waals surface area contributed by atoms with E-state index in [0.29, 0.717) is 17.5 Å². The third-order valence-corrected chi connectivity index (χ3v) is 6.13. The molecule has 0 heterocycles. The average Bonchev–Trinajstić information content (AvgIpc) is 2.66. The summed E-state index contributed by atoms with van der Waals surface area (Å²) in [6.07, 6.45) is 2.18. The van der Waals surface area contributed by atoms with Crippen LogP contribution in [0.3, 0.4) is 0 Å². The van der Waals surface area contributed by atoms with Crippen LogP contribution in [0.2, 0.25) is 0 Å². The molecule has 1 unspecified atom stereocenters. The first kappa shape index (κ1) is 26.4. The zero-order chi connectivity index (χ0) is 21.4. The summed E-state index contributed by atoms with van der Waals surface area (Å²) >= 11 is 0. The monoisotopic (exact) mass is 544 g/mol. The summed E-state index contributed by atoms with van der Waals surface area (Å²) in [5, 5.41) is 6.69. The Labute approximate surface area is 198 Å². The van der Waals surface area contributed by atoms with E-state index in [4.69, 9.17) is 0 Å². The molecular weight excluding hydrogens is 511 g/mol. The average molecular weight is 545 g/mol. The van der Waals surface area contributed by atoms with Gasteiger partial charge in [-0.1, -0.05) is 42.5 Å². The molecule has 0 saturated heterocycles. The molecule has 2 rings (SSSR count). The number of sulfone groups is 1. The molecule has 0 aliphatic carbocycles. The van der Waals surface area contributed by atoms with E-state index in [-0.39, 0.29) is 24.0 Å². The Balaban J connectivity index is 0.00000450. The summed E-state index contributed by atoms with van der Waals surface area (Å²) in [6.45, 7) is 3.14. The van der Waals surface area contributed by atoms with Gasteiger partial charge >= 0.3 is 0 Å². The fraction of sp³-hybridized carbons (Fsp3) is 0.409. The van der Waals surface area contributed by atoms with Crippen molar-refractivity contribution in [1.82, 2.24) is 15.5 Å². The van der Waals surface area contributed by atoms with Crippen molar-refractivity contribution in [3.8, 4) is 0 Å². The van der Waals surface area contributed by atoms with Crippen LogP contribution in [0.1, 0.15) is 16.7 Å². The molecule has 2 N–H and O–H groups in total. The Bertz CT molecular complexity index is 931. The molecule has 0 aliphatic heterocycles. The second-order valence-electron chi connectivity index (χ2n) is 7.49. The van der Waals surface area contributed by atoms with Gasteiger partial charge in [0.2, 0.25) is 0 Å². The number of aliphatic imine (C=N–C) groups is 1. The number of likely N-dealkylation sites (N-methyl/N-ethyl adjacent to an activating group) is 1. The summed E-state index contributed by atoms with van der Waals surface area (Å²) < 4.78 is 23.5. The van der Waals surface area contributed by atoms with Gasteiger partial charge in [-0.05, 0) is 50.2 Å². The Morgan fingerprint density at radius 1 is 1.07 bits per heavy atom. The highest BCUT2D eigenvalue weighted by atomic mass is 127. The van der Waals surface area contributed by atoms with Gasteiger partial charge in [0.1, 0.15) is 0 Å². The van der Waals surface area contributed by atoms with Gasteiger partial charge in [0, 0.05) is 32.4 Å². The number of rotatable bonds is 8. The molecule has 2 aromatic rings. The third-order valence-electron chi connectivity index (χ3n) is 4.87. The molecule has 0 fully saturated rings. The Hall–Kier alpha value is -1.65. The standard InChI is InChI=1S/C22H32N4O2S.HI/c1-17-13-19(11-12-21(17)29(5,27)28)15-24-22(23-2)25-16-20(26(3)4)14-18-9-7-6-8-10-18;/h6-13,20H,14-16H2,1-5H3,(H2,23,24,25);1H. The zero-order valence-electron chi connectivity index (χ0n) is 18.3. The topological polar surface area (TPSA) is 73.8 Å². The van der Waals surface area contributed by atoms with Gasteiger partial charge in [-0.25, -0.2) is 8.42 Å². The lowest BCUT2D eigenvalue weighted by atomic mass is 10.1. The smallest absolute Gasteiger partial charge is 0.191 e. The zero-order valence-corrected chi connectivity index (χ0v) is 21.5. The van der Waals surface area contributed by atoms with Gasteiger partial charge in [-0.2, -0.15) is 0 Å². The number of benzene rings is 2. The predicted octanol–water partition coefficient (Wildman–Crippen LogP) is 2.85. The number of halogens is 1. The predicted molar refractivity (Wildman–Crippen MR) is 136 cm³/mol. The molecule has 0 bridgehead atoms. The minimum atomic E-state index is -3.20. The van der Waals surface area contributed by atoms with Crippen LogP contribution in [-0.2, 0) is 22.8 Å². The summed E-state index contributed by atoms with van der Waals surface area (Å²) in [4.78, 5) is 6.88. The highest BCUT2D eigenvalue weighted by Gasteiger charge is 2.14. The lowest BCUT2D eigenvalue weighted by Crippen LogP contribution is -2.45. The van der Waals surface area contributed by atoms with E-state index in [1.165, 1.54) is 11.8 Å².